The molecule has 35 heavy (non-hydrogen) atoms. The van der Waals surface area contributed by atoms with Gasteiger partial charge in [0.05, 0.1) is 0 Å². The number of benzene rings is 4. The van der Waals surface area contributed by atoms with Crippen molar-refractivity contribution in [3.05, 3.63) is 105 Å². The van der Waals surface area contributed by atoms with E-state index in [1.54, 1.807) is 8.79 Å². The van der Waals surface area contributed by atoms with Gasteiger partial charge in [-0.15, -0.1) is 0 Å². The summed E-state index contributed by atoms with van der Waals surface area (Å²) >= 11 is -0.573. The van der Waals surface area contributed by atoms with Gasteiger partial charge < -0.3 is 0 Å². The summed E-state index contributed by atoms with van der Waals surface area (Å²) in [6.07, 6.45) is 2.19. The Morgan fingerprint density at radius 3 is 1.26 bits per heavy atom. The minimum absolute atomic E-state index is 0.573. The fraction of sp³-hybridized carbons (Fsp3) is 0.294. The molecule has 0 aliphatic rings. The van der Waals surface area contributed by atoms with Crippen LogP contribution in [0, 0.1) is 41.5 Å². The average molecular weight is 519 g/mol. The standard InChI is InChI=1S/C34H38Ge/c1-9-27-13-11-14-28(10-2)33(27)35-34-29(31-23(5)17-21(3)18-24(31)6)15-12-16-30(34)32-25(7)19-22(4)20-26(32)8/h11-20H,9-10H2,1-8H3. The fourth-order valence-electron chi connectivity index (χ4n) is 5.84. The SMILES string of the molecule is CCc1cccc(CC)[c]1[Ge][c]1c(-c2c(C)cc(C)cc2C)cccc1-c1c(C)cc(C)cc1C. The Balaban J connectivity index is 2.08. The quantitative estimate of drug-likeness (QED) is 0.230. The van der Waals surface area contributed by atoms with E-state index in [4.69, 9.17) is 0 Å². The van der Waals surface area contributed by atoms with E-state index >= 15 is 0 Å². The van der Waals surface area contributed by atoms with Crippen LogP contribution >= 0.6 is 0 Å². The molecule has 0 aliphatic carbocycles. The Labute approximate surface area is 219 Å². The molecule has 0 nitrogen and oxygen atoms in total. The molecule has 4 aromatic rings. The molecule has 4 rings (SSSR count). The summed E-state index contributed by atoms with van der Waals surface area (Å²) in [7, 11) is 0. The Morgan fingerprint density at radius 1 is 0.514 bits per heavy atom. The zero-order chi connectivity index (χ0) is 25.3. The van der Waals surface area contributed by atoms with Crippen molar-refractivity contribution in [2.24, 2.45) is 0 Å². The van der Waals surface area contributed by atoms with E-state index in [9.17, 15) is 0 Å². The van der Waals surface area contributed by atoms with Crippen LogP contribution in [0.5, 0.6) is 0 Å². The zero-order valence-electron chi connectivity index (χ0n) is 22.7. The van der Waals surface area contributed by atoms with E-state index < -0.39 is 15.4 Å². The molecular formula is C34H38Ge. The van der Waals surface area contributed by atoms with Crippen molar-refractivity contribution in [1.82, 2.24) is 0 Å². The monoisotopic (exact) mass is 520 g/mol. The Morgan fingerprint density at radius 2 is 0.886 bits per heavy atom. The van der Waals surface area contributed by atoms with Crippen molar-refractivity contribution in [1.29, 1.82) is 0 Å². The molecule has 0 aliphatic heterocycles. The van der Waals surface area contributed by atoms with Crippen molar-refractivity contribution in [2.45, 2.75) is 68.2 Å². The summed E-state index contributed by atoms with van der Waals surface area (Å²) in [5, 5.41) is 0. The molecule has 0 atom stereocenters. The summed E-state index contributed by atoms with van der Waals surface area (Å²) in [6.45, 7) is 18.2. The molecule has 0 heterocycles. The molecule has 0 bridgehead atoms. The van der Waals surface area contributed by atoms with Gasteiger partial charge in [-0.1, -0.05) is 0 Å². The maximum absolute atomic E-state index is 2.38. The van der Waals surface area contributed by atoms with Crippen molar-refractivity contribution in [3.63, 3.8) is 0 Å². The number of rotatable bonds is 6. The Hall–Kier alpha value is -2.58. The van der Waals surface area contributed by atoms with E-state index in [0.717, 1.165) is 12.8 Å². The topological polar surface area (TPSA) is 0 Å². The van der Waals surface area contributed by atoms with E-state index in [-0.39, 0.29) is 0 Å². The van der Waals surface area contributed by atoms with Gasteiger partial charge in [-0.2, -0.15) is 0 Å². The second kappa shape index (κ2) is 10.6. The first-order valence-corrected chi connectivity index (χ1v) is 15.0. The van der Waals surface area contributed by atoms with Crippen molar-refractivity contribution < 1.29 is 0 Å². The van der Waals surface area contributed by atoms with Gasteiger partial charge in [-0.3, -0.25) is 0 Å². The second-order valence-corrected chi connectivity index (χ2v) is 12.7. The molecule has 0 N–H and O–H groups in total. The van der Waals surface area contributed by atoms with Gasteiger partial charge in [0.25, 0.3) is 0 Å². The number of hydrogen-bond acceptors (Lipinski definition) is 0. The van der Waals surface area contributed by atoms with E-state index in [1.165, 1.54) is 66.8 Å². The molecule has 4 aromatic carbocycles. The van der Waals surface area contributed by atoms with Crippen LogP contribution in [-0.2, 0) is 12.8 Å². The third-order valence-corrected chi connectivity index (χ3v) is 10.7. The van der Waals surface area contributed by atoms with Crippen LogP contribution in [0.1, 0.15) is 58.4 Å². The molecule has 0 saturated carbocycles. The second-order valence-electron chi connectivity index (χ2n) is 10.1. The van der Waals surface area contributed by atoms with Crippen molar-refractivity contribution in [2.75, 3.05) is 0 Å². The minimum atomic E-state index is -0.573. The summed E-state index contributed by atoms with van der Waals surface area (Å²) in [5.74, 6) is 0. The van der Waals surface area contributed by atoms with Crippen LogP contribution in [0.2, 0.25) is 0 Å². The third kappa shape index (κ3) is 5.05. The molecule has 178 valence electrons. The number of aryl methyl sites for hydroxylation is 8. The fourth-order valence-corrected chi connectivity index (χ4v) is 9.57. The Kier molecular flexibility index (Phi) is 7.71. The van der Waals surface area contributed by atoms with Crippen LogP contribution in [0.3, 0.4) is 0 Å². The zero-order valence-corrected chi connectivity index (χ0v) is 24.8. The first-order valence-electron chi connectivity index (χ1n) is 12.9. The number of hydrogen-bond donors (Lipinski definition) is 0. The van der Waals surface area contributed by atoms with E-state index in [1.807, 2.05) is 0 Å². The van der Waals surface area contributed by atoms with Gasteiger partial charge >= 0.3 is 220 Å². The van der Waals surface area contributed by atoms with Crippen LogP contribution in [0.15, 0.2) is 60.7 Å². The first-order chi connectivity index (χ1) is 16.7. The summed E-state index contributed by atoms with van der Waals surface area (Å²) in [5.41, 5.74) is 17.0. The molecule has 0 aromatic heterocycles. The predicted octanol–water partition coefficient (Wildman–Crippen LogP) is 7.65. The molecule has 0 fully saturated rings. The van der Waals surface area contributed by atoms with Crippen LogP contribution in [0.25, 0.3) is 22.3 Å². The predicted molar refractivity (Wildman–Crippen MR) is 156 cm³/mol. The summed E-state index contributed by atoms with van der Waals surface area (Å²) in [4.78, 5) is 0. The average Bonchev–Trinajstić information content (AvgIpc) is 2.79. The van der Waals surface area contributed by atoms with E-state index in [2.05, 4.69) is 116 Å². The maximum atomic E-state index is 2.38. The normalized spacial score (nSPS) is 11.2. The molecule has 0 saturated heterocycles. The van der Waals surface area contributed by atoms with Crippen molar-refractivity contribution in [3.8, 4) is 22.3 Å². The third-order valence-electron chi connectivity index (χ3n) is 7.21. The van der Waals surface area contributed by atoms with E-state index in [0.29, 0.717) is 0 Å². The summed E-state index contributed by atoms with van der Waals surface area (Å²) < 4.78 is 3.21. The molecule has 0 spiro atoms. The van der Waals surface area contributed by atoms with Gasteiger partial charge in [-0.25, -0.2) is 0 Å². The van der Waals surface area contributed by atoms with Gasteiger partial charge in [0.1, 0.15) is 0 Å². The first kappa shape index (κ1) is 25.5. The molecule has 2 radical (unpaired) electrons. The van der Waals surface area contributed by atoms with Crippen molar-refractivity contribution >= 4 is 24.2 Å². The van der Waals surface area contributed by atoms with Gasteiger partial charge in [0.2, 0.25) is 0 Å². The van der Waals surface area contributed by atoms with Gasteiger partial charge in [0, 0.05) is 0 Å². The van der Waals surface area contributed by atoms with Crippen LogP contribution in [-0.4, -0.2) is 15.4 Å². The molecule has 1 heteroatoms. The van der Waals surface area contributed by atoms with Crippen LogP contribution < -0.4 is 8.79 Å². The summed E-state index contributed by atoms with van der Waals surface area (Å²) in [6, 6.07) is 23.4. The molecule has 0 unspecified atom stereocenters. The Bertz CT molecular complexity index is 1250. The van der Waals surface area contributed by atoms with Crippen LogP contribution in [0.4, 0.5) is 0 Å². The van der Waals surface area contributed by atoms with Gasteiger partial charge in [-0.05, 0) is 0 Å². The molecular weight excluding hydrogens is 481 g/mol. The van der Waals surface area contributed by atoms with Gasteiger partial charge in [0.15, 0.2) is 0 Å². The molecule has 0 amide bonds.